The molecule has 2 N–H and O–H groups in total. The van der Waals surface area contributed by atoms with Crippen LogP contribution in [0, 0.1) is 12.8 Å². The van der Waals surface area contributed by atoms with Crippen LogP contribution in [0.1, 0.15) is 31.0 Å². The van der Waals surface area contributed by atoms with E-state index in [1.54, 1.807) is 0 Å². The van der Waals surface area contributed by atoms with Crippen LogP contribution in [0.2, 0.25) is 5.02 Å². The quantitative estimate of drug-likeness (QED) is 0.595. The SMILES string of the molecule is Cc1ccccc1[C@H](NC(=S)Nc1ccc(Br)c(Cl)c1)C(C)C. The second-order valence-corrected chi connectivity index (χ2v) is 7.48. The van der Waals surface area contributed by atoms with Crippen molar-refractivity contribution >= 4 is 50.5 Å². The number of benzene rings is 2. The largest absolute Gasteiger partial charge is 0.355 e. The van der Waals surface area contributed by atoms with Crippen LogP contribution in [-0.4, -0.2) is 5.11 Å². The normalized spacial score (nSPS) is 12.1. The van der Waals surface area contributed by atoms with Gasteiger partial charge in [-0.3, -0.25) is 0 Å². The van der Waals surface area contributed by atoms with Crippen molar-refractivity contribution in [3.05, 3.63) is 63.1 Å². The summed E-state index contributed by atoms with van der Waals surface area (Å²) in [5, 5.41) is 7.86. The number of halogens is 2. The van der Waals surface area contributed by atoms with Crippen LogP contribution >= 0.6 is 39.7 Å². The number of anilines is 1. The molecule has 1 atom stereocenters. The molecule has 122 valence electrons. The molecule has 0 aliphatic carbocycles. The zero-order valence-electron chi connectivity index (χ0n) is 13.4. The van der Waals surface area contributed by atoms with E-state index in [-0.39, 0.29) is 6.04 Å². The lowest BCUT2D eigenvalue weighted by molar-refractivity contribution is 0.471. The van der Waals surface area contributed by atoms with Gasteiger partial charge < -0.3 is 10.6 Å². The molecule has 0 amide bonds. The summed E-state index contributed by atoms with van der Waals surface area (Å²) < 4.78 is 0.864. The summed E-state index contributed by atoms with van der Waals surface area (Å²) in [4.78, 5) is 0. The smallest absolute Gasteiger partial charge is 0.171 e. The number of rotatable bonds is 4. The molecule has 0 bridgehead atoms. The van der Waals surface area contributed by atoms with E-state index in [0.29, 0.717) is 16.1 Å². The van der Waals surface area contributed by atoms with Gasteiger partial charge in [0.1, 0.15) is 0 Å². The maximum Gasteiger partial charge on any atom is 0.171 e. The third-order valence-electron chi connectivity index (χ3n) is 3.65. The standard InChI is InChI=1S/C18H20BrClN2S/c1-11(2)17(14-7-5-4-6-12(14)3)22-18(23)21-13-8-9-15(19)16(20)10-13/h4-11,17H,1-3H3,(H2,21,22,23)/t17-/m1/s1. The number of thiocarbonyl (C=S) groups is 1. The zero-order valence-corrected chi connectivity index (χ0v) is 16.5. The lowest BCUT2D eigenvalue weighted by atomic mass is 9.93. The Hall–Kier alpha value is -1.10. The predicted octanol–water partition coefficient (Wildman–Crippen LogP) is 6.09. The molecule has 0 aliphatic rings. The Balaban J connectivity index is 2.12. The first-order valence-electron chi connectivity index (χ1n) is 7.46. The Kier molecular flexibility index (Phi) is 6.45. The molecule has 0 saturated heterocycles. The van der Waals surface area contributed by atoms with Crippen molar-refractivity contribution in [1.82, 2.24) is 5.32 Å². The van der Waals surface area contributed by atoms with Gasteiger partial charge in [-0.05, 0) is 70.3 Å². The van der Waals surface area contributed by atoms with Crippen molar-refractivity contribution in [3.8, 4) is 0 Å². The van der Waals surface area contributed by atoms with Crippen molar-refractivity contribution in [1.29, 1.82) is 0 Å². The van der Waals surface area contributed by atoms with Gasteiger partial charge in [-0.25, -0.2) is 0 Å². The third kappa shape index (κ3) is 4.93. The highest BCUT2D eigenvalue weighted by Gasteiger charge is 2.18. The second kappa shape index (κ2) is 8.13. The van der Waals surface area contributed by atoms with E-state index in [1.165, 1.54) is 11.1 Å². The van der Waals surface area contributed by atoms with E-state index >= 15 is 0 Å². The fourth-order valence-corrected chi connectivity index (χ4v) is 3.09. The van der Waals surface area contributed by atoms with Gasteiger partial charge in [0, 0.05) is 10.2 Å². The molecule has 0 aromatic heterocycles. The first-order valence-corrected chi connectivity index (χ1v) is 9.04. The summed E-state index contributed by atoms with van der Waals surface area (Å²) >= 11 is 15.0. The highest BCUT2D eigenvalue weighted by atomic mass is 79.9. The van der Waals surface area contributed by atoms with Crippen LogP contribution < -0.4 is 10.6 Å². The average molecular weight is 412 g/mol. The van der Waals surface area contributed by atoms with Crippen LogP contribution in [0.15, 0.2) is 46.9 Å². The minimum atomic E-state index is 0.155. The maximum atomic E-state index is 6.12. The summed E-state index contributed by atoms with van der Waals surface area (Å²) in [5.74, 6) is 0.407. The van der Waals surface area contributed by atoms with Gasteiger partial charge >= 0.3 is 0 Å². The molecule has 0 aliphatic heterocycles. The van der Waals surface area contributed by atoms with E-state index in [4.69, 9.17) is 23.8 Å². The van der Waals surface area contributed by atoms with Crippen molar-refractivity contribution in [2.24, 2.45) is 5.92 Å². The minimum absolute atomic E-state index is 0.155. The van der Waals surface area contributed by atoms with E-state index in [0.717, 1.165) is 10.2 Å². The Morgan fingerprint density at radius 1 is 1.17 bits per heavy atom. The van der Waals surface area contributed by atoms with E-state index in [1.807, 2.05) is 18.2 Å². The van der Waals surface area contributed by atoms with Crippen LogP contribution in [0.3, 0.4) is 0 Å². The zero-order chi connectivity index (χ0) is 17.0. The van der Waals surface area contributed by atoms with Gasteiger partial charge in [0.15, 0.2) is 5.11 Å². The first-order chi connectivity index (χ1) is 10.9. The lowest BCUT2D eigenvalue weighted by Crippen LogP contribution is -2.35. The summed E-state index contributed by atoms with van der Waals surface area (Å²) in [6.07, 6.45) is 0. The molecule has 0 fully saturated rings. The molecule has 0 saturated carbocycles. The van der Waals surface area contributed by atoms with Gasteiger partial charge in [-0.15, -0.1) is 0 Å². The minimum Gasteiger partial charge on any atom is -0.355 e. The molecule has 0 radical (unpaired) electrons. The topological polar surface area (TPSA) is 24.1 Å². The number of hydrogen-bond donors (Lipinski definition) is 2. The third-order valence-corrected chi connectivity index (χ3v) is 5.11. The lowest BCUT2D eigenvalue weighted by Gasteiger charge is -2.26. The fraction of sp³-hybridized carbons (Fsp3) is 0.278. The number of nitrogens with one attached hydrogen (secondary N) is 2. The highest BCUT2D eigenvalue weighted by Crippen LogP contribution is 2.27. The van der Waals surface area contributed by atoms with Crippen LogP contribution in [0.5, 0.6) is 0 Å². The van der Waals surface area contributed by atoms with Gasteiger partial charge in [-0.2, -0.15) is 0 Å². The second-order valence-electron chi connectivity index (χ2n) is 5.81. The van der Waals surface area contributed by atoms with Crippen molar-refractivity contribution in [2.45, 2.75) is 26.8 Å². The van der Waals surface area contributed by atoms with E-state index < -0.39 is 0 Å². The Labute approximate surface area is 156 Å². The molecule has 0 unspecified atom stereocenters. The van der Waals surface area contributed by atoms with Gasteiger partial charge in [0.05, 0.1) is 11.1 Å². The van der Waals surface area contributed by atoms with Crippen molar-refractivity contribution < 1.29 is 0 Å². The van der Waals surface area contributed by atoms with E-state index in [9.17, 15) is 0 Å². The van der Waals surface area contributed by atoms with Crippen molar-refractivity contribution in [2.75, 3.05) is 5.32 Å². The van der Waals surface area contributed by atoms with Crippen LogP contribution in [0.4, 0.5) is 5.69 Å². The maximum absolute atomic E-state index is 6.12. The molecular formula is C18H20BrClN2S. The molecule has 5 heteroatoms. The first kappa shape index (κ1) is 18.2. The summed E-state index contributed by atoms with van der Waals surface area (Å²) in [6.45, 7) is 6.49. The van der Waals surface area contributed by atoms with Gasteiger partial charge in [0.25, 0.3) is 0 Å². The van der Waals surface area contributed by atoms with Crippen molar-refractivity contribution in [3.63, 3.8) is 0 Å². The Morgan fingerprint density at radius 2 is 1.87 bits per heavy atom. The Morgan fingerprint density at radius 3 is 2.48 bits per heavy atom. The summed E-state index contributed by atoms with van der Waals surface area (Å²) in [6, 6.07) is 14.2. The predicted molar refractivity (Wildman–Crippen MR) is 107 cm³/mol. The van der Waals surface area contributed by atoms with Crippen LogP contribution in [-0.2, 0) is 0 Å². The molecule has 2 rings (SSSR count). The van der Waals surface area contributed by atoms with Crippen LogP contribution in [0.25, 0.3) is 0 Å². The molecule has 23 heavy (non-hydrogen) atoms. The van der Waals surface area contributed by atoms with E-state index in [2.05, 4.69) is 71.6 Å². The van der Waals surface area contributed by atoms with Gasteiger partial charge in [-0.1, -0.05) is 49.7 Å². The average Bonchev–Trinajstić information content (AvgIpc) is 2.49. The molecule has 0 spiro atoms. The number of hydrogen-bond acceptors (Lipinski definition) is 1. The molecular weight excluding hydrogens is 392 g/mol. The highest BCUT2D eigenvalue weighted by molar-refractivity contribution is 9.10. The molecule has 2 aromatic carbocycles. The monoisotopic (exact) mass is 410 g/mol. The molecule has 0 heterocycles. The fourth-order valence-electron chi connectivity index (χ4n) is 2.42. The summed E-state index contributed by atoms with van der Waals surface area (Å²) in [5.41, 5.74) is 3.39. The summed E-state index contributed by atoms with van der Waals surface area (Å²) in [7, 11) is 0. The van der Waals surface area contributed by atoms with Gasteiger partial charge in [0.2, 0.25) is 0 Å². The number of aryl methyl sites for hydroxylation is 1. The Bertz CT molecular complexity index is 703. The molecule has 2 nitrogen and oxygen atoms in total. The molecule has 2 aromatic rings.